The minimum absolute atomic E-state index is 0.0315. The number of hydrogen-bond acceptors (Lipinski definition) is 8. The number of nitrogens with two attached hydrogens (primary N) is 2. The number of ether oxygens (including phenoxy) is 1. The lowest BCUT2D eigenvalue weighted by atomic mass is 9.96. The van der Waals surface area contributed by atoms with Crippen molar-refractivity contribution < 1.29 is 14.3 Å². The zero-order valence-corrected chi connectivity index (χ0v) is 15.5. The lowest BCUT2D eigenvalue weighted by Crippen LogP contribution is -2.35. The molecule has 2 aromatic heterocycles. The molecule has 0 spiro atoms. The second kappa shape index (κ2) is 8.51. The summed E-state index contributed by atoms with van der Waals surface area (Å²) in [6, 6.07) is 2.81. The third kappa shape index (κ3) is 4.64. The molecular weight excluding hydrogens is 362 g/mol. The maximum absolute atomic E-state index is 11.7. The number of anilines is 3. The number of carbonyl (C=O) groups is 2. The second-order valence-corrected chi connectivity index (χ2v) is 6.50. The third-order valence-electron chi connectivity index (χ3n) is 4.42. The molecule has 0 bridgehead atoms. The second-order valence-electron chi connectivity index (χ2n) is 6.50. The molecule has 2 heterocycles. The van der Waals surface area contributed by atoms with E-state index in [1.54, 1.807) is 18.3 Å². The van der Waals surface area contributed by atoms with Crippen LogP contribution in [0.15, 0.2) is 24.5 Å². The molecule has 10 nitrogen and oxygen atoms in total. The van der Waals surface area contributed by atoms with Crippen molar-refractivity contribution in [1.82, 2.24) is 15.0 Å². The Kier molecular flexibility index (Phi) is 5.87. The average molecular weight is 385 g/mol. The topological polar surface area (TPSA) is 158 Å². The summed E-state index contributed by atoms with van der Waals surface area (Å²) in [7, 11) is 0. The van der Waals surface area contributed by atoms with Crippen molar-refractivity contribution in [2.45, 2.75) is 44.8 Å². The van der Waals surface area contributed by atoms with Crippen molar-refractivity contribution in [3.05, 3.63) is 30.2 Å². The third-order valence-corrected chi connectivity index (χ3v) is 4.42. The van der Waals surface area contributed by atoms with Gasteiger partial charge in [-0.05, 0) is 31.7 Å². The van der Waals surface area contributed by atoms with Gasteiger partial charge in [0.15, 0.2) is 11.5 Å². The van der Waals surface area contributed by atoms with E-state index >= 15 is 0 Å². The van der Waals surface area contributed by atoms with E-state index in [4.69, 9.17) is 16.2 Å². The summed E-state index contributed by atoms with van der Waals surface area (Å²) in [5.41, 5.74) is 11.3. The first-order valence-electron chi connectivity index (χ1n) is 9.08. The first-order chi connectivity index (χ1) is 13.5. The number of nitrogens with one attached hydrogen (secondary N) is 2. The number of nitrogens with zero attached hydrogens (tertiary/aromatic N) is 3. The van der Waals surface area contributed by atoms with E-state index in [1.807, 2.05) is 6.92 Å². The van der Waals surface area contributed by atoms with Crippen molar-refractivity contribution in [2.75, 3.05) is 10.6 Å². The van der Waals surface area contributed by atoms with Crippen LogP contribution in [0.5, 0.6) is 5.88 Å². The van der Waals surface area contributed by atoms with E-state index in [2.05, 4.69) is 25.6 Å². The highest BCUT2D eigenvalue weighted by molar-refractivity contribution is 5.96. The summed E-state index contributed by atoms with van der Waals surface area (Å²) < 4.78 is 5.78. The molecule has 3 rings (SSSR count). The van der Waals surface area contributed by atoms with Gasteiger partial charge < -0.3 is 26.8 Å². The largest absolute Gasteiger partial charge is 0.474 e. The van der Waals surface area contributed by atoms with Crippen LogP contribution >= 0.6 is 0 Å². The van der Waals surface area contributed by atoms with Crippen LogP contribution in [0, 0.1) is 0 Å². The highest BCUT2D eigenvalue weighted by Crippen LogP contribution is 2.26. The first-order valence-corrected chi connectivity index (χ1v) is 9.08. The molecule has 0 unspecified atom stereocenters. The molecule has 1 aliphatic carbocycles. The number of pyridine rings is 1. The monoisotopic (exact) mass is 385 g/mol. The Bertz CT molecular complexity index is 870. The van der Waals surface area contributed by atoms with Gasteiger partial charge in [-0.1, -0.05) is 6.92 Å². The number of hydrogen-bond donors (Lipinski definition) is 4. The van der Waals surface area contributed by atoms with E-state index in [1.165, 1.54) is 6.20 Å². The van der Waals surface area contributed by atoms with Crippen LogP contribution in [0.3, 0.4) is 0 Å². The minimum atomic E-state index is -0.733. The standard InChI is InChI=1S/C18H23N7O3/c1-2-12(16(19)26)24-13-9-22-15(17(20)27)18(25-13)23-10-6-7-21-14(8-10)28-11-4-3-5-11/h6-9,11-12H,2-5H2,1H3,(H2,19,26)(H2,20,27)(H2,21,23,24,25)/t12-/m1/s1. The Balaban J connectivity index is 1.82. The quantitative estimate of drug-likeness (QED) is 0.503. The lowest BCUT2D eigenvalue weighted by Gasteiger charge is -2.25. The van der Waals surface area contributed by atoms with Gasteiger partial charge in [-0.2, -0.15) is 0 Å². The number of carbonyl (C=O) groups excluding carboxylic acids is 2. The average Bonchev–Trinajstić information content (AvgIpc) is 2.63. The van der Waals surface area contributed by atoms with Crippen LogP contribution in [0.25, 0.3) is 0 Å². The number of aromatic nitrogens is 3. The van der Waals surface area contributed by atoms with Crippen molar-refractivity contribution in [3.8, 4) is 5.88 Å². The Morgan fingerprint density at radius 3 is 2.71 bits per heavy atom. The highest BCUT2D eigenvalue weighted by Gasteiger charge is 2.20. The molecule has 6 N–H and O–H groups in total. The van der Waals surface area contributed by atoms with Gasteiger partial charge in [0.1, 0.15) is 18.0 Å². The lowest BCUT2D eigenvalue weighted by molar-refractivity contribution is -0.118. The first kappa shape index (κ1) is 19.3. The predicted octanol–water partition coefficient (Wildman–Crippen LogP) is 1.32. The summed E-state index contributed by atoms with van der Waals surface area (Å²) in [5.74, 6) is -0.318. The number of primary amides is 2. The summed E-state index contributed by atoms with van der Waals surface area (Å²) in [6.45, 7) is 1.81. The summed E-state index contributed by atoms with van der Waals surface area (Å²) >= 11 is 0. The van der Waals surface area contributed by atoms with Crippen molar-refractivity contribution in [2.24, 2.45) is 11.5 Å². The van der Waals surface area contributed by atoms with Crippen LogP contribution in [0.1, 0.15) is 43.1 Å². The van der Waals surface area contributed by atoms with Crippen LogP contribution in [0.2, 0.25) is 0 Å². The highest BCUT2D eigenvalue weighted by atomic mass is 16.5. The molecular formula is C18H23N7O3. The molecule has 1 aliphatic rings. The molecule has 1 atom stereocenters. The van der Waals surface area contributed by atoms with E-state index < -0.39 is 17.9 Å². The van der Waals surface area contributed by atoms with Crippen LogP contribution in [0.4, 0.5) is 17.3 Å². The zero-order valence-electron chi connectivity index (χ0n) is 15.5. The van der Waals surface area contributed by atoms with E-state index in [0.717, 1.165) is 19.3 Å². The molecule has 148 valence electrons. The van der Waals surface area contributed by atoms with E-state index in [0.29, 0.717) is 18.0 Å². The fourth-order valence-corrected chi connectivity index (χ4v) is 2.63. The van der Waals surface area contributed by atoms with Crippen molar-refractivity contribution in [3.63, 3.8) is 0 Å². The smallest absolute Gasteiger partial charge is 0.271 e. The van der Waals surface area contributed by atoms with Gasteiger partial charge >= 0.3 is 0 Å². The Morgan fingerprint density at radius 2 is 2.11 bits per heavy atom. The molecule has 0 aromatic carbocycles. The summed E-state index contributed by atoms with van der Waals surface area (Å²) in [4.78, 5) is 35.7. The van der Waals surface area contributed by atoms with E-state index in [-0.39, 0.29) is 23.4 Å². The Hall–Kier alpha value is -3.43. The number of amides is 2. The maximum Gasteiger partial charge on any atom is 0.271 e. The Morgan fingerprint density at radius 1 is 1.32 bits per heavy atom. The van der Waals surface area contributed by atoms with Gasteiger partial charge in [-0.15, -0.1) is 0 Å². The molecule has 1 saturated carbocycles. The predicted molar refractivity (Wildman–Crippen MR) is 103 cm³/mol. The van der Waals surface area contributed by atoms with E-state index in [9.17, 15) is 9.59 Å². The van der Waals surface area contributed by atoms with Gasteiger partial charge in [0.25, 0.3) is 5.91 Å². The molecule has 28 heavy (non-hydrogen) atoms. The molecule has 1 fully saturated rings. The fourth-order valence-electron chi connectivity index (χ4n) is 2.63. The molecule has 10 heteroatoms. The van der Waals surface area contributed by atoms with Gasteiger partial charge in [0.05, 0.1) is 6.20 Å². The van der Waals surface area contributed by atoms with Gasteiger partial charge in [-0.3, -0.25) is 9.59 Å². The molecule has 0 saturated heterocycles. The van der Waals surface area contributed by atoms with Crippen LogP contribution in [-0.4, -0.2) is 38.9 Å². The SMILES string of the molecule is CC[C@@H](Nc1cnc(C(N)=O)c(Nc2ccnc(OC3CCC3)c2)n1)C(N)=O. The van der Waals surface area contributed by atoms with Gasteiger partial charge in [-0.25, -0.2) is 15.0 Å². The van der Waals surface area contributed by atoms with Gasteiger partial charge in [0, 0.05) is 18.0 Å². The zero-order chi connectivity index (χ0) is 20.1. The molecule has 2 aromatic rings. The maximum atomic E-state index is 11.7. The summed E-state index contributed by atoms with van der Waals surface area (Å²) in [6.07, 6.45) is 6.78. The van der Waals surface area contributed by atoms with Gasteiger partial charge in [0.2, 0.25) is 11.8 Å². The normalized spacial score (nSPS) is 14.6. The van der Waals surface area contributed by atoms with Crippen molar-refractivity contribution >= 4 is 29.1 Å². The minimum Gasteiger partial charge on any atom is -0.474 e. The fraction of sp³-hybridized carbons (Fsp3) is 0.389. The van der Waals surface area contributed by atoms with Crippen LogP contribution < -0.4 is 26.8 Å². The number of rotatable bonds is 9. The summed E-state index contributed by atoms with van der Waals surface area (Å²) in [5, 5.41) is 5.91. The molecule has 0 aliphatic heterocycles. The Labute approximate surface area is 162 Å². The van der Waals surface area contributed by atoms with Crippen LogP contribution in [-0.2, 0) is 4.79 Å². The molecule has 0 radical (unpaired) electrons. The molecule has 2 amide bonds. The van der Waals surface area contributed by atoms with Crippen molar-refractivity contribution in [1.29, 1.82) is 0 Å².